The van der Waals surface area contributed by atoms with Gasteiger partial charge in [-0.15, -0.1) is 0 Å². The Hall–Kier alpha value is 1.52. The number of rotatable bonds is 10. The van der Waals surface area contributed by atoms with Crippen molar-refractivity contribution in [2.45, 2.75) is 55.5 Å². The van der Waals surface area contributed by atoms with Gasteiger partial charge < -0.3 is 29.7 Å². The van der Waals surface area contributed by atoms with E-state index in [-0.39, 0.29) is 62.8 Å². The maximum absolute atomic E-state index is 10.6. The van der Waals surface area contributed by atoms with Gasteiger partial charge in [0.1, 0.15) is 34.9 Å². The maximum atomic E-state index is 10.6. The second-order valence-electron chi connectivity index (χ2n) is 5.59. The summed E-state index contributed by atoms with van der Waals surface area (Å²) in [5.74, 6) is 0.970. The van der Waals surface area contributed by atoms with E-state index in [2.05, 4.69) is 9.44 Å². The number of ether oxygens (including phenoxy) is 1. The molecular weight excluding hydrogens is 449 g/mol. The Morgan fingerprint density at radius 1 is 1.19 bits per heavy atom. The average Bonchev–Trinajstić information content (AvgIpc) is 2.58. The van der Waals surface area contributed by atoms with Crippen molar-refractivity contribution >= 4 is 39.0 Å². The number of aliphatic hydroxyl groups is 4. The van der Waals surface area contributed by atoms with E-state index in [1.807, 2.05) is 6.26 Å². The van der Waals surface area contributed by atoms with Gasteiger partial charge in [0.15, 0.2) is 0 Å². The van der Waals surface area contributed by atoms with Crippen molar-refractivity contribution < 1.29 is 93.8 Å². The molecule has 0 spiro atoms. The van der Waals surface area contributed by atoms with Crippen LogP contribution in [0.3, 0.4) is 0 Å². The summed E-state index contributed by atoms with van der Waals surface area (Å²) in [5.41, 5.74) is -1.13. The zero-order chi connectivity index (χ0) is 19.7. The second-order valence-corrected chi connectivity index (χ2v) is 8.71. The van der Waals surface area contributed by atoms with Crippen LogP contribution >= 0.6 is 23.5 Å². The van der Waals surface area contributed by atoms with Gasteiger partial charge in [0, 0.05) is 0 Å². The zero-order valence-electron chi connectivity index (χ0n) is 15.1. The molecule has 0 aromatic rings. The van der Waals surface area contributed by atoms with Gasteiger partial charge in [-0.05, 0) is 31.3 Å². The van der Waals surface area contributed by atoms with E-state index in [0.717, 1.165) is 30.4 Å². The molecule has 1 saturated heterocycles. The Morgan fingerprint density at radius 2 is 1.85 bits per heavy atom. The van der Waals surface area contributed by atoms with Crippen LogP contribution < -0.4 is 51.4 Å². The third kappa shape index (κ3) is 10.9. The first-order valence-corrected chi connectivity index (χ1v) is 11.5. The molecule has 5 atom stereocenters. The smallest absolute Gasteiger partial charge is 0.714 e. The number of unbranched alkanes of at least 4 members (excludes halogenated alkanes) is 2. The minimum atomic E-state index is -5.03. The van der Waals surface area contributed by atoms with Crippen LogP contribution in [0.1, 0.15) is 25.7 Å². The van der Waals surface area contributed by atoms with E-state index in [4.69, 9.17) is 4.74 Å². The first-order chi connectivity index (χ1) is 12.2. The van der Waals surface area contributed by atoms with E-state index >= 15 is 0 Å². The van der Waals surface area contributed by atoms with Gasteiger partial charge in [-0.3, -0.25) is 4.28 Å². The Balaban J connectivity index is 0.00000676. The minimum Gasteiger partial charge on any atom is -0.714 e. The molecule has 154 valence electrons. The Morgan fingerprint density at radius 3 is 2.41 bits per heavy atom. The molecule has 0 bridgehead atoms. The number of thioether (sulfide) groups is 2. The van der Waals surface area contributed by atoms with Crippen LogP contribution in [0.4, 0.5) is 0 Å². The number of hydrogen-bond acceptors (Lipinski definition) is 12. The summed E-state index contributed by atoms with van der Waals surface area (Å²) in [4.78, 5) is 0. The number of hydrogen-bond donors (Lipinski definition) is 4. The number of nitrogens with zero attached hydrogens (tertiary/aromatic N) is 1. The standard InChI is InChI=1S/C13H25NO9S3.K/c1-24-6-4-2-3-5-9(14-23-26(19,20)21)25-13-12(18)11(17)10(16)8(7-15)22-13;/h8,10-13,15-18H,2-7H2,1H3,(H,19,20,21);/q;+1/p-1/b14-9-;/t8-,10-,11+,12-,13+;/m1./s1. The molecule has 0 aromatic heterocycles. The quantitative estimate of drug-likeness (QED) is 0.0467. The molecule has 0 aromatic carbocycles. The Kier molecular flexibility index (Phi) is 15.3. The molecule has 1 rings (SSSR count). The van der Waals surface area contributed by atoms with Gasteiger partial charge in [-0.25, -0.2) is 0 Å². The summed E-state index contributed by atoms with van der Waals surface area (Å²) in [5, 5.41) is 42.2. The summed E-state index contributed by atoms with van der Waals surface area (Å²) in [6.07, 6.45) is -1.02. The zero-order valence-corrected chi connectivity index (χ0v) is 20.7. The SMILES string of the molecule is CSCCCCC/C(=N/OS(=O)(=O)[O-])S[C@@H]1O[C@H](CO)[C@@H](O)[C@H](O)[C@H]1O.[K+]. The second kappa shape index (κ2) is 14.5. The largest absolute Gasteiger partial charge is 1.00 e. The van der Waals surface area contributed by atoms with Gasteiger partial charge >= 0.3 is 51.4 Å². The Bertz CT molecular complexity index is 549. The molecule has 0 unspecified atom stereocenters. The minimum absolute atomic E-state index is 0. The van der Waals surface area contributed by atoms with Gasteiger partial charge in [0.2, 0.25) is 0 Å². The molecular formula is C13H24KNO9S3. The van der Waals surface area contributed by atoms with Gasteiger partial charge in [-0.2, -0.15) is 20.2 Å². The molecule has 0 saturated carbocycles. The fourth-order valence-electron chi connectivity index (χ4n) is 2.21. The molecule has 14 heteroatoms. The van der Waals surface area contributed by atoms with Crippen LogP contribution in [0.15, 0.2) is 5.16 Å². The molecule has 1 fully saturated rings. The van der Waals surface area contributed by atoms with Crippen molar-refractivity contribution in [3.05, 3.63) is 0 Å². The fraction of sp³-hybridized carbons (Fsp3) is 0.923. The van der Waals surface area contributed by atoms with E-state index < -0.39 is 46.9 Å². The summed E-state index contributed by atoms with van der Waals surface area (Å²) in [7, 11) is -5.03. The first-order valence-electron chi connectivity index (χ1n) is 7.87. The van der Waals surface area contributed by atoms with Gasteiger partial charge in [-0.1, -0.05) is 23.3 Å². The van der Waals surface area contributed by atoms with Crippen molar-refractivity contribution in [1.29, 1.82) is 0 Å². The van der Waals surface area contributed by atoms with Crippen LogP contribution in [0.2, 0.25) is 0 Å². The predicted molar refractivity (Wildman–Crippen MR) is 96.4 cm³/mol. The predicted octanol–water partition coefficient (Wildman–Crippen LogP) is -3.76. The maximum Gasteiger partial charge on any atom is 1.00 e. The van der Waals surface area contributed by atoms with Crippen molar-refractivity contribution in [3.8, 4) is 0 Å². The molecule has 1 aliphatic heterocycles. The van der Waals surface area contributed by atoms with Crippen molar-refractivity contribution in [2.75, 3.05) is 18.6 Å². The fourth-order valence-corrected chi connectivity index (χ4v) is 4.04. The summed E-state index contributed by atoms with van der Waals surface area (Å²) < 4.78 is 41.1. The van der Waals surface area contributed by atoms with E-state index in [1.165, 1.54) is 0 Å². The first kappa shape index (κ1) is 28.5. The van der Waals surface area contributed by atoms with Crippen LogP contribution in [-0.4, -0.2) is 86.9 Å². The summed E-state index contributed by atoms with van der Waals surface area (Å²) in [6.45, 7) is -0.589. The van der Waals surface area contributed by atoms with Crippen molar-refractivity contribution in [2.24, 2.45) is 5.16 Å². The van der Waals surface area contributed by atoms with Crippen molar-refractivity contribution in [1.82, 2.24) is 0 Å². The molecule has 1 heterocycles. The topological polar surface area (TPSA) is 169 Å². The molecule has 4 N–H and O–H groups in total. The Labute approximate surface area is 209 Å². The van der Waals surface area contributed by atoms with Crippen LogP contribution in [0, 0.1) is 0 Å². The molecule has 10 nitrogen and oxygen atoms in total. The summed E-state index contributed by atoms with van der Waals surface area (Å²) >= 11 is 2.46. The monoisotopic (exact) mass is 473 g/mol. The number of aliphatic hydroxyl groups excluding tert-OH is 4. The van der Waals surface area contributed by atoms with Crippen molar-refractivity contribution in [3.63, 3.8) is 0 Å². The van der Waals surface area contributed by atoms with Gasteiger partial charge in [0.25, 0.3) is 10.4 Å². The van der Waals surface area contributed by atoms with E-state index in [0.29, 0.717) is 6.42 Å². The van der Waals surface area contributed by atoms with Crippen LogP contribution in [-0.2, 0) is 19.4 Å². The van der Waals surface area contributed by atoms with Crippen LogP contribution in [0.25, 0.3) is 0 Å². The van der Waals surface area contributed by atoms with Gasteiger partial charge in [0.05, 0.1) is 6.61 Å². The third-order valence-electron chi connectivity index (χ3n) is 3.57. The summed E-state index contributed by atoms with van der Waals surface area (Å²) in [6, 6.07) is 0. The van der Waals surface area contributed by atoms with E-state index in [9.17, 15) is 33.4 Å². The van der Waals surface area contributed by atoms with Crippen LogP contribution in [0.5, 0.6) is 0 Å². The molecule has 0 amide bonds. The van der Waals surface area contributed by atoms with E-state index in [1.54, 1.807) is 11.8 Å². The third-order valence-corrected chi connectivity index (χ3v) is 5.70. The number of oxime groups is 1. The average molecular weight is 474 g/mol. The molecule has 27 heavy (non-hydrogen) atoms. The normalized spacial score (nSPS) is 29.3. The molecule has 1 aliphatic rings. The molecule has 0 aliphatic carbocycles. The molecule has 0 radical (unpaired) electrons.